The van der Waals surface area contributed by atoms with Crippen molar-refractivity contribution in [2.75, 3.05) is 15.8 Å². The lowest BCUT2D eigenvalue weighted by molar-refractivity contribution is 0.101. The Morgan fingerprint density at radius 3 is 2.44 bits per heavy atom. The molecule has 0 fully saturated rings. The van der Waals surface area contributed by atoms with E-state index in [0.29, 0.717) is 34.6 Å². The van der Waals surface area contributed by atoms with Crippen molar-refractivity contribution in [3.8, 4) is 0 Å². The van der Waals surface area contributed by atoms with Crippen LogP contribution in [0.4, 0.5) is 15.8 Å². The second-order valence-corrected chi connectivity index (χ2v) is 9.96. The van der Waals surface area contributed by atoms with Crippen molar-refractivity contribution in [3.63, 3.8) is 0 Å². The molecule has 4 rings (SSSR count). The summed E-state index contributed by atoms with van der Waals surface area (Å²) in [5.41, 5.74) is 3.17. The van der Waals surface area contributed by atoms with Crippen LogP contribution in [0.3, 0.4) is 0 Å². The van der Waals surface area contributed by atoms with Gasteiger partial charge in [-0.3, -0.25) is 9.52 Å². The second-order valence-electron chi connectivity index (χ2n) is 8.12. The van der Waals surface area contributed by atoms with E-state index in [9.17, 15) is 17.6 Å². The normalized spacial score (nSPS) is 11.5. The van der Waals surface area contributed by atoms with Crippen LogP contribution in [0.25, 0.3) is 10.9 Å². The van der Waals surface area contributed by atoms with Gasteiger partial charge in [-0.1, -0.05) is 49.4 Å². The molecule has 1 heterocycles. The maximum Gasteiger partial charge on any atom is 0.272 e. The maximum atomic E-state index is 14.4. The molecule has 0 atom stereocenters. The Labute approximate surface area is 198 Å². The van der Waals surface area contributed by atoms with Crippen molar-refractivity contribution >= 4 is 38.2 Å². The summed E-state index contributed by atoms with van der Waals surface area (Å²) in [6.45, 7) is 3.73. The number of aromatic nitrogens is 1. The number of amides is 1. The number of halogens is 1. The highest BCUT2D eigenvalue weighted by molar-refractivity contribution is 7.92. The van der Waals surface area contributed by atoms with Gasteiger partial charge in [0.25, 0.3) is 5.91 Å². The molecular weight excluding hydrogens is 453 g/mol. The van der Waals surface area contributed by atoms with Gasteiger partial charge in [-0.2, -0.15) is 0 Å². The van der Waals surface area contributed by atoms with Gasteiger partial charge in [0, 0.05) is 22.2 Å². The molecule has 0 radical (unpaired) electrons. The fourth-order valence-electron chi connectivity index (χ4n) is 3.92. The second kappa shape index (κ2) is 9.69. The zero-order valence-corrected chi connectivity index (χ0v) is 19.8. The molecule has 0 bridgehead atoms. The van der Waals surface area contributed by atoms with E-state index in [1.54, 1.807) is 60.9 Å². The number of sulfonamides is 1. The number of carbonyl (C=O) groups excluding carboxylic acids is 1. The molecule has 34 heavy (non-hydrogen) atoms. The monoisotopic (exact) mass is 479 g/mol. The number of hydrogen-bond donors (Lipinski definition) is 2. The van der Waals surface area contributed by atoms with Crippen molar-refractivity contribution in [3.05, 3.63) is 95.4 Å². The Bertz CT molecular complexity index is 1460. The number of nitrogens with zero attached hydrogens (tertiary/aromatic N) is 1. The molecule has 8 heteroatoms. The maximum absolute atomic E-state index is 14.4. The number of benzene rings is 3. The minimum atomic E-state index is -3.47. The highest BCUT2D eigenvalue weighted by Gasteiger charge is 2.19. The van der Waals surface area contributed by atoms with Gasteiger partial charge in [0.2, 0.25) is 10.0 Å². The minimum absolute atomic E-state index is 0.0131. The van der Waals surface area contributed by atoms with Crippen LogP contribution in [-0.4, -0.2) is 24.6 Å². The van der Waals surface area contributed by atoms with E-state index < -0.39 is 10.0 Å². The molecule has 0 saturated carbocycles. The number of fused-ring (bicyclic) bond motifs is 1. The summed E-state index contributed by atoms with van der Waals surface area (Å²) < 4.78 is 43.2. The Kier molecular flexibility index (Phi) is 6.70. The largest absolute Gasteiger partial charge is 0.332 e. The van der Waals surface area contributed by atoms with Crippen molar-refractivity contribution in [1.29, 1.82) is 0 Å². The van der Waals surface area contributed by atoms with E-state index in [4.69, 9.17) is 0 Å². The van der Waals surface area contributed by atoms with E-state index in [-0.39, 0.29) is 24.0 Å². The van der Waals surface area contributed by atoms with Gasteiger partial charge in [-0.15, -0.1) is 0 Å². The molecule has 0 saturated heterocycles. The highest BCUT2D eigenvalue weighted by Crippen LogP contribution is 2.27. The quantitative estimate of drug-likeness (QED) is 0.348. The predicted octanol–water partition coefficient (Wildman–Crippen LogP) is 5.54. The predicted molar refractivity (Wildman–Crippen MR) is 134 cm³/mol. The number of hydrogen-bond acceptors (Lipinski definition) is 3. The van der Waals surface area contributed by atoms with Gasteiger partial charge in [-0.25, -0.2) is 12.8 Å². The van der Waals surface area contributed by atoms with Crippen LogP contribution < -0.4 is 10.0 Å². The standard InChI is InChI=1S/C26H26FN3O3S/c1-3-15-34(32,33)29-23-13-8-12-22(18(23)2)28-26(31)25-16-19-9-5-7-14-24(19)30(25)17-20-10-4-6-11-21(20)27/h4-14,16,29H,3,15,17H2,1-2H3,(H,28,31). The summed E-state index contributed by atoms with van der Waals surface area (Å²) in [5.74, 6) is -0.696. The van der Waals surface area contributed by atoms with E-state index in [2.05, 4.69) is 10.0 Å². The summed E-state index contributed by atoms with van der Waals surface area (Å²) in [4.78, 5) is 13.4. The first-order chi connectivity index (χ1) is 16.3. The summed E-state index contributed by atoms with van der Waals surface area (Å²) in [7, 11) is -3.47. The zero-order valence-electron chi connectivity index (χ0n) is 19.0. The summed E-state index contributed by atoms with van der Waals surface area (Å²) in [5, 5.41) is 3.76. The van der Waals surface area contributed by atoms with Gasteiger partial charge in [0.1, 0.15) is 11.5 Å². The van der Waals surface area contributed by atoms with Crippen LogP contribution in [0, 0.1) is 12.7 Å². The third kappa shape index (κ3) is 4.97. The summed E-state index contributed by atoms with van der Waals surface area (Å²) in [6, 6.07) is 20.9. The SMILES string of the molecule is CCCS(=O)(=O)Nc1cccc(NC(=O)c2cc3ccccc3n2Cc2ccccc2F)c1C. The van der Waals surface area contributed by atoms with Crippen LogP contribution in [0.15, 0.2) is 72.8 Å². The van der Waals surface area contributed by atoms with Crippen LogP contribution in [0.1, 0.15) is 35.0 Å². The molecule has 3 aromatic carbocycles. The molecule has 0 aliphatic rings. The molecule has 0 spiro atoms. The lowest BCUT2D eigenvalue weighted by Gasteiger charge is -2.15. The van der Waals surface area contributed by atoms with E-state index in [1.165, 1.54) is 6.07 Å². The van der Waals surface area contributed by atoms with Crippen molar-refractivity contribution in [1.82, 2.24) is 4.57 Å². The van der Waals surface area contributed by atoms with Crippen molar-refractivity contribution in [2.24, 2.45) is 0 Å². The molecule has 6 nitrogen and oxygen atoms in total. The molecule has 1 aromatic heterocycles. The molecule has 176 valence electrons. The van der Waals surface area contributed by atoms with Gasteiger partial charge in [-0.05, 0) is 49.2 Å². The smallest absolute Gasteiger partial charge is 0.272 e. The van der Waals surface area contributed by atoms with Gasteiger partial charge < -0.3 is 9.88 Å². The number of anilines is 2. The number of carbonyl (C=O) groups is 1. The topological polar surface area (TPSA) is 80.2 Å². The van der Waals surface area contributed by atoms with Crippen LogP contribution in [-0.2, 0) is 16.6 Å². The van der Waals surface area contributed by atoms with Crippen molar-refractivity contribution in [2.45, 2.75) is 26.8 Å². The number of nitrogens with one attached hydrogen (secondary N) is 2. The average Bonchev–Trinajstić information content (AvgIpc) is 3.16. The fourth-order valence-corrected chi connectivity index (χ4v) is 5.12. The van der Waals surface area contributed by atoms with Crippen molar-refractivity contribution < 1.29 is 17.6 Å². The minimum Gasteiger partial charge on any atom is -0.332 e. The molecule has 0 aliphatic carbocycles. The zero-order chi connectivity index (χ0) is 24.3. The van der Waals surface area contributed by atoms with E-state index >= 15 is 0 Å². The lowest BCUT2D eigenvalue weighted by Crippen LogP contribution is -2.20. The highest BCUT2D eigenvalue weighted by atomic mass is 32.2. The molecule has 1 amide bonds. The number of para-hydroxylation sites is 1. The third-order valence-electron chi connectivity index (χ3n) is 5.65. The fraction of sp³-hybridized carbons (Fsp3) is 0.192. The first-order valence-corrected chi connectivity index (χ1v) is 12.7. The molecule has 0 aliphatic heterocycles. The molecule has 4 aromatic rings. The molecule has 0 unspecified atom stereocenters. The van der Waals surface area contributed by atoms with Crippen LogP contribution in [0.5, 0.6) is 0 Å². The molecule has 2 N–H and O–H groups in total. The lowest BCUT2D eigenvalue weighted by atomic mass is 10.1. The van der Waals surface area contributed by atoms with Gasteiger partial charge >= 0.3 is 0 Å². The Hall–Kier alpha value is -3.65. The molecular formula is C26H26FN3O3S. The Morgan fingerprint density at radius 2 is 1.68 bits per heavy atom. The number of rotatable bonds is 8. The van der Waals surface area contributed by atoms with E-state index in [0.717, 1.165) is 10.9 Å². The third-order valence-corrected chi connectivity index (χ3v) is 7.13. The van der Waals surface area contributed by atoms with Gasteiger partial charge in [0.05, 0.1) is 18.0 Å². The Balaban J connectivity index is 1.68. The first-order valence-electron chi connectivity index (χ1n) is 11.0. The van der Waals surface area contributed by atoms with Gasteiger partial charge in [0.15, 0.2) is 0 Å². The van der Waals surface area contributed by atoms with Crippen LogP contribution >= 0.6 is 0 Å². The van der Waals surface area contributed by atoms with E-state index in [1.807, 2.05) is 24.3 Å². The summed E-state index contributed by atoms with van der Waals surface area (Å²) >= 11 is 0. The van der Waals surface area contributed by atoms with Crippen LogP contribution in [0.2, 0.25) is 0 Å². The summed E-state index contributed by atoms with van der Waals surface area (Å²) in [6.07, 6.45) is 0.497. The Morgan fingerprint density at radius 1 is 0.971 bits per heavy atom. The average molecular weight is 480 g/mol. The first kappa shape index (κ1) is 23.5.